The molecule has 0 amide bonds. The van der Waals surface area contributed by atoms with Crippen LogP contribution in [0.1, 0.15) is 0 Å². The first kappa shape index (κ1) is 4.20. The van der Waals surface area contributed by atoms with Crippen LogP contribution in [0.5, 0.6) is 0 Å². The van der Waals surface area contributed by atoms with Crippen LogP contribution in [0.2, 0.25) is 0 Å². The predicted octanol–water partition coefficient (Wildman–Crippen LogP) is -1.35. The van der Waals surface area contributed by atoms with Crippen LogP contribution in [0.15, 0.2) is 0 Å². The van der Waals surface area contributed by atoms with Gasteiger partial charge in [0.15, 0.2) is 11.1 Å². The lowest BCUT2D eigenvalue weighted by atomic mass is 11.5. The highest BCUT2D eigenvalue weighted by molar-refractivity contribution is 7.80. The smallest absolute Gasteiger partial charge is 0.190 e. The van der Waals surface area contributed by atoms with Crippen molar-refractivity contribution in [3.05, 3.63) is 0 Å². The summed E-state index contributed by atoms with van der Waals surface area (Å²) in [6.45, 7) is 0. The Morgan fingerprint density at radius 3 is 2.83 bits per heavy atom. The largest absolute Gasteiger partial charge is 0.227 e. The van der Waals surface area contributed by atoms with Gasteiger partial charge in [-0.2, -0.15) is 4.28 Å². The molecule has 1 aliphatic heterocycles. The van der Waals surface area contributed by atoms with Crippen LogP contribution in [0.4, 0.5) is 0 Å². The van der Waals surface area contributed by atoms with Crippen molar-refractivity contribution in [1.82, 2.24) is 11.0 Å². The van der Waals surface area contributed by atoms with Crippen LogP contribution >= 0.6 is 0 Å². The minimum Gasteiger partial charge on any atom is -0.227 e. The first-order valence-corrected chi connectivity index (χ1v) is 2.67. The second kappa shape index (κ2) is 1.65. The Hall–Kier alpha value is 0.0300. The second-order valence-corrected chi connectivity index (χ2v) is 1.87. The van der Waals surface area contributed by atoms with Gasteiger partial charge in [0.25, 0.3) is 0 Å². The van der Waals surface area contributed by atoms with Gasteiger partial charge in [0.2, 0.25) is 0 Å². The predicted molar refractivity (Wildman–Crippen MR) is 20.4 cm³/mol. The third kappa shape index (κ3) is 0.749. The minimum absolute atomic E-state index is 0.375. The van der Waals surface area contributed by atoms with Crippen molar-refractivity contribution in [2.45, 2.75) is 0 Å². The van der Waals surface area contributed by atoms with Gasteiger partial charge in [0.05, 0.1) is 0 Å². The summed E-state index contributed by atoms with van der Waals surface area (Å²) in [7, 11) is 0. The highest BCUT2D eigenvalue weighted by atomic mass is 32.2. The maximum atomic E-state index is 10.0. The Morgan fingerprint density at radius 2 is 2.67 bits per heavy atom. The van der Waals surface area contributed by atoms with Crippen molar-refractivity contribution >= 4 is 11.1 Å². The van der Waals surface area contributed by atoms with Gasteiger partial charge >= 0.3 is 0 Å². The maximum absolute atomic E-state index is 10.0. The molecule has 0 aromatic rings. The SMILES string of the molecule is O=S1CNNO1. The highest BCUT2D eigenvalue weighted by Crippen LogP contribution is 1.80. The number of rotatable bonds is 0. The minimum atomic E-state index is -1.15. The molecule has 0 aliphatic carbocycles. The van der Waals surface area contributed by atoms with Crippen LogP contribution in [-0.4, -0.2) is 10.1 Å². The van der Waals surface area contributed by atoms with Crippen LogP contribution in [0.25, 0.3) is 0 Å². The van der Waals surface area contributed by atoms with Crippen LogP contribution in [0.3, 0.4) is 0 Å². The van der Waals surface area contributed by atoms with E-state index in [4.69, 9.17) is 0 Å². The van der Waals surface area contributed by atoms with Gasteiger partial charge in [-0.25, -0.2) is 9.63 Å². The molecule has 2 N–H and O–H groups in total. The van der Waals surface area contributed by atoms with E-state index >= 15 is 0 Å². The first-order valence-electron chi connectivity index (χ1n) is 1.43. The molecule has 5 heteroatoms. The monoisotopic (exact) mass is 108 g/mol. The average molecular weight is 108 g/mol. The molecule has 1 rings (SSSR count). The standard InChI is InChI=1S/CH4N2O2S/c4-6-1-2-3-5-6/h2-3H,1H2. The Labute approximate surface area is 37.5 Å². The summed E-state index contributed by atoms with van der Waals surface area (Å²) in [5.74, 6) is 0.375. The molecule has 1 unspecified atom stereocenters. The fourth-order valence-electron chi connectivity index (χ4n) is 0.194. The molecule has 1 fully saturated rings. The summed E-state index contributed by atoms with van der Waals surface area (Å²) in [6.07, 6.45) is 0. The molecule has 0 spiro atoms. The zero-order chi connectivity index (χ0) is 4.41. The van der Waals surface area contributed by atoms with Gasteiger partial charge in [-0.05, 0) is 0 Å². The highest BCUT2D eigenvalue weighted by Gasteiger charge is 2.04. The van der Waals surface area contributed by atoms with E-state index in [1.54, 1.807) is 0 Å². The Kier molecular flexibility index (Phi) is 1.16. The first-order chi connectivity index (χ1) is 2.89. The third-order valence-electron chi connectivity index (χ3n) is 0.397. The fourth-order valence-corrected chi connectivity index (χ4v) is 0.581. The zero-order valence-corrected chi connectivity index (χ0v) is 3.75. The van der Waals surface area contributed by atoms with Gasteiger partial charge in [0.1, 0.15) is 5.88 Å². The molecule has 0 aromatic carbocycles. The van der Waals surface area contributed by atoms with Crippen molar-refractivity contribution in [2.24, 2.45) is 0 Å². The van der Waals surface area contributed by atoms with Crippen molar-refractivity contribution < 1.29 is 8.49 Å². The lowest BCUT2D eigenvalue weighted by molar-refractivity contribution is 0.214. The lowest BCUT2D eigenvalue weighted by Crippen LogP contribution is -2.20. The van der Waals surface area contributed by atoms with Crippen molar-refractivity contribution in [1.29, 1.82) is 0 Å². The van der Waals surface area contributed by atoms with Gasteiger partial charge in [0, 0.05) is 0 Å². The van der Waals surface area contributed by atoms with Crippen molar-refractivity contribution in [3.8, 4) is 0 Å². The molecule has 0 aromatic heterocycles. The summed E-state index contributed by atoms with van der Waals surface area (Å²) < 4.78 is 14.3. The molecule has 4 nitrogen and oxygen atoms in total. The topological polar surface area (TPSA) is 50.4 Å². The van der Waals surface area contributed by atoms with E-state index in [0.29, 0.717) is 5.88 Å². The van der Waals surface area contributed by atoms with E-state index in [0.717, 1.165) is 0 Å². The average Bonchev–Trinajstić information content (AvgIpc) is 1.86. The van der Waals surface area contributed by atoms with Gasteiger partial charge < -0.3 is 0 Å². The van der Waals surface area contributed by atoms with E-state index in [1.807, 2.05) is 0 Å². The Morgan fingerprint density at radius 1 is 1.83 bits per heavy atom. The van der Waals surface area contributed by atoms with E-state index < -0.39 is 11.1 Å². The Balaban J connectivity index is 2.37. The van der Waals surface area contributed by atoms with Crippen molar-refractivity contribution in [3.63, 3.8) is 0 Å². The fraction of sp³-hybridized carbons (Fsp3) is 1.00. The third-order valence-corrected chi connectivity index (χ3v) is 1.05. The zero-order valence-electron chi connectivity index (χ0n) is 2.93. The Bertz CT molecular complexity index is 65.9. The molecule has 0 saturated carbocycles. The van der Waals surface area contributed by atoms with Crippen LogP contribution < -0.4 is 11.0 Å². The molecule has 1 saturated heterocycles. The lowest BCUT2D eigenvalue weighted by Gasteiger charge is -1.78. The summed E-state index contributed by atoms with van der Waals surface area (Å²) in [5, 5.41) is 0. The normalized spacial score (nSPS) is 34.3. The summed E-state index contributed by atoms with van der Waals surface area (Å²) in [6, 6.07) is 0. The summed E-state index contributed by atoms with van der Waals surface area (Å²) >= 11 is -1.15. The molecule has 1 atom stereocenters. The van der Waals surface area contributed by atoms with Crippen LogP contribution in [0, 0.1) is 0 Å². The van der Waals surface area contributed by atoms with Gasteiger partial charge in [-0.15, -0.1) is 5.59 Å². The van der Waals surface area contributed by atoms with E-state index in [9.17, 15) is 4.21 Å². The molecule has 36 valence electrons. The van der Waals surface area contributed by atoms with Gasteiger partial charge in [-0.3, -0.25) is 0 Å². The molecule has 1 heterocycles. The van der Waals surface area contributed by atoms with E-state index in [1.165, 1.54) is 0 Å². The molecule has 6 heavy (non-hydrogen) atoms. The molecule has 0 radical (unpaired) electrons. The van der Waals surface area contributed by atoms with Gasteiger partial charge in [-0.1, -0.05) is 0 Å². The molecule has 1 aliphatic rings. The van der Waals surface area contributed by atoms with E-state index in [-0.39, 0.29) is 0 Å². The molecule has 0 bridgehead atoms. The quantitative estimate of drug-likeness (QED) is 0.402. The number of hydrogen-bond acceptors (Lipinski definition) is 4. The van der Waals surface area contributed by atoms with Crippen molar-refractivity contribution in [2.75, 3.05) is 5.88 Å². The number of nitrogens with one attached hydrogen (secondary N) is 2. The van der Waals surface area contributed by atoms with E-state index in [2.05, 4.69) is 15.3 Å². The second-order valence-electron chi connectivity index (χ2n) is 0.810. The maximum Gasteiger partial charge on any atom is 0.190 e. The molecular formula is CH4N2O2S. The van der Waals surface area contributed by atoms with Crippen LogP contribution in [-0.2, 0) is 15.4 Å². The summed E-state index contributed by atoms with van der Waals surface area (Å²) in [5.41, 5.74) is 4.72. The summed E-state index contributed by atoms with van der Waals surface area (Å²) in [4.78, 5) is 0. The molecular weight excluding hydrogens is 104 g/mol. The number of hydrazine groups is 1. The number of hydrogen-bond donors (Lipinski definition) is 2.